The Hall–Kier alpha value is -1.27. The lowest BCUT2D eigenvalue weighted by Gasteiger charge is -2.24. The maximum atomic E-state index is 12.5. The highest BCUT2D eigenvalue weighted by Gasteiger charge is 2.31. The summed E-state index contributed by atoms with van der Waals surface area (Å²) in [5.74, 6) is 0.762. The standard InChI is InChI=1S/C15H20F3NO2/c1-2-20-10-14(11-7-8-19-9-11)21-13-5-3-12(4-6-13)15(16,17)18/h3-6,11,14,19H,2,7-10H2,1H3/t11?,14-/m0/s1. The van der Waals surface area contributed by atoms with E-state index in [2.05, 4.69) is 5.32 Å². The molecule has 118 valence electrons. The maximum Gasteiger partial charge on any atom is 0.416 e. The molecule has 2 atom stereocenters. The van der Waals surface area contributed by atoms with Gasteiger partial charge < -0.3 is 14.8 Å². The van der Waals surface area contributed by atoms with Crippen LogP contribution in [-0.4, -0.2) is 32.4 Å². The molecule has 1 saturated heterocycles. The van der Waals surface area contributed by atoms with Crippen LogP contribution in [0, 0.1) is 5.92 Å². The zero-order valence-corrected chi connectivity index (χ0v) is 12.0. The average Bonchev–Trinajstić information content (AvgIpc) is 2.97. The van der Waals surface area contributed by atoms with Crippen molar-refractivity contribution in [1.82, 2.24) is 5.32 Å². The molecule has 1 unspecified atom stereocenters. The van der Waals surface area contributed by atoms with E-state index in [0.717, 1.165) is 31.6 Å². The molecule has 21 heavy (non-hydrogen) atoms. The number of rotatable bonds is 6. The van der Waals surface area contributed by atoms with Crippen LogP contribution in [0.25, 0.3) is 0 Å². The predicted octanol–water partition coefficient (Wildman–Crippen LogP) is 3.10. The van der Waals surface area contributed by atoms with Gasteiger partial charge in [-0.05, 0) is 44.2 Å². The van der Waals surface area contributed by atoms with Crippen molar-refractivity contribution in [2.75, 3.05) is 26.3 Å². The van der Waals surface area contributed by atoms with Gasteiger partial charge in [-0.3, -0.25) is 0 Å². The van der Waals surface area contributed by atoms with Crippen LogP contribution >= 0.6 is 0 Å². The summed E-state index contributed by atoms with van der Waals surface area (Å²) in [5.41, 5.74) is -0.668. The van der Waals surface area contributed by atoms with Crippen molar-refractivity contribution < 1.29 is 22.6 Å². The molecule has 1 aliphatic rings. The molecule has 1 aliphatic heterocycles. The third-order valence-corrected chi connectivity index (χ3v) is 3.58. The van der Waals surface area contributed by atoms with Crippen LogP contribution in [-0.2, 0) is 10.9 Å². The second kappa shape index (κ2) is 7.13. The van der Waals surface area contributed by atoms with Crippen LogP contribution < -0.4 is 10.1 Å². The quantitative estimate of drug-likeness (QED) is 0.876. The molecule has 6 heteroatoms. The summed E-state index contributed by atoms with van der Waals surface area (Å²) in [6.07, 6.45) is -3.48. The maximum absolute atomic E-state index is 12.5. The van der Waals surface area contributed by atoms with E-state index in [4.69, 9.17) is 9.47 Å². The van der Waals surface area contributed by atoms with Crippen LogP contribution in [0.15, 0.2) is 24.3 Å². The first-order valence-electron chi connectivity index (χ1n) is 7.13. The largest absolute Gasteiger partial charge is 0.488 e. The predicted molar refractivity (Wildman–Crippen MR) is 73.3 cm³/mol. The van der Waals surface area contributed by atoms with Crippen molar-refractivity contribution >= 4 is 0 Å². The highest BCUT2D eigenvalue weighted by atomic mass is 19.4. The Morgan fingerprint density at radius 3 is 2.52 bits per heavy atom. The summed E-state index contributed by atoms with van der Waals surface area (Å²) in [4.78, 5) is 0. The summed E-state index contributed by atoms with van der Waals surface area (Å²) >= 11 is 0. The summed E-state index contributed by atoms with van der Waals surface area (Å²) in [5, 5.41) is 3.26. The Morgan fingerprint density at radius 2 is 2.00 bits per heavy atom. The fourth-order valence-electron chi connectivity index (χ4n) is 2.39. The van der Waals surface area contributed by atoms with Gasteiger partial charge in [0.15, 0.2) is 0 Å². The minimum absolute atomic E-state index is 0.142. The zero-order chi connectivity index (χ0) is 15.3. The van der Waals surface area contributed by atoms with E-state index in [1.807, 2.05) is 6.92 Å². The number of benzene rings is 1. The normalized spacial score (nSPS) is 20.5. The fourth-order valence-corrected chi connectivity index (χ4v) is 2.39. The van der Waals surface area contributed by atoms with Gasteiger partial charge in [0, 0.05) is 19.1 Å². The molecule has 0 saturated carbocycles. The Balaban J connectivity index is 2.01. The van der Waals surface area contributed by atoms with Gasteiger partial charge in [0.2, 0.25) is 0 Å². The lowest BCUT2D eigenvalue weighted by molar-refractivity contribution is -0.137. The summed E-state index contributed by atoms with van der Waals surface area (Å²) < 4.78 is 48.8. The van der Waals surface area contributed by atoms with Crippen LogP contribution in [0.1, 0.15) is 18.9 Å². The van der Waals surface area contributed by atoms with Gasteiger partial charge in [0.25, 0.3) is 0 Å². The van der Waals surface area contributed by atoms with Gasteiger partial charge in [0.05, 0.1) is 12.2 Å². The molecule has 0 bridgehead atoms. The van der Waals surface area contributed by atoms with Gasteiger partial charge in [0.1, 0.15) is 11.9 Å². The lowest BCUT2D eigenvalue weighted by atomic mass is 10.0. The molecule has 0 spiro atoms. The van der Waals surface area contributed by atoms with Crippen molar-refractivity contribution in [3.63, 3.8) is 0 Å². The van der Waals surface area contributed by atoms with Gasteiger partial charge >= 0.3 is 6.18 Å². The molecule has 1 N–H and O–H groups in total. The van der Waals surface area contributed by atoms with E-state index < -0.39 is 11.7 Å². The van der Waals surface area contributed by atoms with E-state index in [1.165, 1.54) is 12.1 Å². The molecular formula is C15H20F3NO2. The highest BCUT2D eigenvalue weighted by Crippen LogP contribution is 2.31. The molecular weight excluding hydrogens is 283 g/mol. The number of halogens is 3. The van der Waals surface area contributed by atoms with E-state index in [0.29, 0.717) is 24.9 Å². The Bertz CT molecular complexity index is 428. The second-order valence-corrected chi connectivity index (χ2v) is 5.09. The van der Waals surface area contributed by atoms with Crippen LogP contribution in [0.4, 0.5) is 13.2 Å². The highest BCUT2D eigenvalue weighted by molar-refractivity contribution is 5.29. The molecule has 0 aliphatic carbocycles. The first-order chi connectivity index (χ1) is 10.0. The molecule has 0 aromatic heterocycles. The first-order valence-corrected chi connectivity index (χ1v) is 7.13. The van der Waals surface area contributed by atoms with E-state index >= 15 is 0 Å². The molecule has 0 radical (unpaired) electrons. The topological polar surface area (TPSA) is 30.5 Å². The molecule has 1 heterocycles. The number of ether oxygens (including phenoxy) is 2. The van der Waals surface area contributed by atoms with Crippen molar-refractivity contribution in [2.24, 2.45) is 5.92 Å². The number of hydrogen-bond donors (Lipinski definition) is 1. The van der Waals surface area contributed by atoms with Gasteiger partial charge in [-0.15, -0.1) is 0 Å². The first kappa shape index (κ1) is 16.1. The number of alkyl halides is 3. The van der Waals surface area contributed by atoms with Gasteiger partial charge in [-0.2, -0.15) is 13.2 Å². The third-order valence-electron chi connectivity index (χ3n) is 3.58. The molecule has 3 nitrogen and oxygen atoms in total. The van der Waals surface area contributed by atoms with Crippen LogP contribution in [0.5, 0.6) is 5.75 Å². The van der Waals surface area contributed by atoms with Crippen molar-refractivity contribution in [3.05, 3.63) is 29.8 Å². The fraction of sp³-hybridized carbons (Fsp3) is 0.600. The molecule has 1 fully saturated rings. The Morgan fingerprint density at radius 1 is 1.29 bits per heavy atom. The second-order valence-electron chi connectivity index (χ2n) is 5.09. The summed E-state index contributed by atoms with van der Waals surface area (Å²) in [7, 11) is 0. The van der Waals surface area contributed by atoms with Crippen molar-refractivity contribution in [2.45, 2.75) is 25.6 Å². The SMILES string of the molecule is CCOC[C@H](Oc1ccc(C(F)(F)F)cc1)C1CCNC1. The third kappa shape index (κ3) is 4.61. The molecule has 1 aromatic carbocycles. The lowest BCUT2D eigenvalue weighted by Crippen LogP contribution is -2.33. The van der Waals surface area contributed by atoms with E-state index in [-0.39, 0.29) is 6.10 Å². The Kier molecular flexibility index (Phi) is 5.47. The summed E-state index contributed by atoms with van der Waals surface area (Å²) in [6, 6.07) is 4.81. The number of nitrogens with one attached hydrogen (secondary N) is 1. The minimum Gasteiger partial charge on any atom is -0.488 e. The van der Waals surface area contributed by atoms with Crippen LogP contribution in [0.2, 0.25) is 0 Å². The molecule has 0 amide bonds. The number of hydrogen-bond acceptors (Lipinski definition) is 3. The Labute approximate surface area is 122 Å². The van der Waals surface area contributed by atoms with Crippen molar-refractivity contribution in [3.8, 4) is 5.75 Å². The monoisotopic (exact) mass is 303 g/mol. The summed E-state index contributed by atoms with van der Waals surface area (Å²) in [6.45, 7) is 4.72. The van der Waals surface area contributed by atoms with E-state index in [1.54, 1.807) is 0 Å². The zero-order valence-electron chi connectivity index (χ0n) is 12.0. The average molecular weight is 303 g/mol. The van der Waals surface area contributed by atoms with Gasteiger partial charge in [-0.1, -0.05) is 0 Å². The van der Waals surface area contributed by atoms with E-state index in [9.17, 15) is 13.2 Å². The van der Waals surface area contributed by atoms with Crippen LogP contribution in [0.3, 0.4) is 0 Å². The smallest absolute Gasteiger partial charge is 0.416 e. The van der Waals surface area contributed by atoms with Crippen molar-refractivity contribution in [1.29, 1.82) is 0 Å². The minimum atomic E-state index is -4.32. The molecule has 2 rings (SSSR count). The van der Waals surface area contributed by atoms with Gasteiger partial charge in [-0.25, -0.2) is 0 Å². The molecule has 1 aromatic rings.